The number of carbonyl (C=O) groups excluding carboxylic acids is 1. The summed E-state index contributed by atoms with van der Waals surface area (Å²) in [6.45, 7) is 6.37. The number of aromatic nitrogens is 1. The number of aryl methyl sites for hydroxylation is 3. The molecule has 3 aromatic rings. The van der Waals surface area contributed by atoms with E-state index in [4.69, 9.17) is 0 Å². The van der Waals surface area contributed by atoms with E-state index in [1.54, 1.807) is 0 Å². The lowest BCUT2D eigenvalue weighted by molar-refractivity contribution is -0.123. The van der Waals surface area contributed by atoms with Gasteiger partial charge in [0.15, 0.2) is 0 Å². The molecule has 1 N–H and O–H groups in total. The van der Waals surface area contributed by atoms with E-state index in [0.717, 1.165) is 59.0 Å². The van der Waals surface area contributed by atoms with Crippen LogP contribution in [-0.2, 0) is 11.3 Å². The molecule has 156 valence electrons. The maximum absolute atomic E-state index is 13.6. The predicted molar refractivity (Wildman–Crippen MR) is 123 cm³/mol. The van der Waals surface area contributed by atoms with Crippen molar-refractivity contribution < 1.29 is 4.79 Å². The second-order valence-corrected chi connectivity index (χ2v) is 8.76. The first-order valence-electron chi connectivity index (χ1n) is 10.9. The van der Waals surface area contributed by atoms with Gasteiger partial charge in [-0.25, -0.2) is 0 Å². The average molecular weight is 403 g/mol. The van der Waals surface area contributed by atoms with E-state index >= 15 is 0 Å². The number of hydrogen-bond acceptors (Lipinski definition) is 2. The van der Waals surface area contributed by atoms with Gasteiger partial charge in [0.1, 0.15) is 0 Å². The predicted octanol–water partition coefficient (Wildman–Crippen LogP) is 5.57. The summed E-state index contributed by atoms with van der Waals surface area (Å²) >= 11 is 0. The smallest absolute Gasteiger partial charge is 0.253 e. The van der Waals surface area contributed by atoms with Crippen LogP contribution in [0.25, 0.3) is 10.9 Å². The van der Waals surface area contributed by atoms with Crippen molar-refractivity contribution in [2.24, 2.45) is 5.92 Å². The highest BCUT2D eigenvalue weighted by atomic mass is 16.2. The van der Waals surface area contributed by atoms with Gasteiger partial charge < -0.3 is 9.88 Å². The van der Waals surface area contributed by atoms with Crippen molar-refractivity contribution in [3.05, 3.63) is 75.1 Å². The van der Waals surface area contributed by atoms with Crippen molar-refractivity contribution in [1.29, 1.82) is 0 Å². The van der Waals surface area contributed by atoms with Crippen molar-refractivity contribution in [3.8, 4) is 0 Å². The Morgan fingerprint density at radius 1 is 0.967 bits per heavy atom. The SMILES string of the molecule is Cc1ccc(C)c(N(Cc2cc3ccc(C)cc3[nH]c2=O)C(=O)C2CCCCC2)c1. The molecule has 1 fully saturated rings. The molecule has 0 radical (unpaired) electrons. The van der Waals surface area contributed by atoms with Crippen molar-refractivity contribution in [2.75, 3.05) is 4.90 Å². The molecule has 0 atom stereocenters. The Bertz CT molecular complexity index is 1140. The number of carbonyl (C=O) groups is 1. The Morgan fingerprint density at radius 2 is 1.67 bits per heavy atom. The number of H-pyrrole nitrogens is 1. The number of rotatable bonds is 4. The molecular formula is C26H30N2O2. The molecule has 0 aliphatic heterocycles. The second kappa shape index (κ2) is 8.47. The lowest BCUT2D eigenvalue weighted by Gasteiger charge is -2.30. The molecule has 30 heavy (non-hydrogen) atoms. The molecule has 0 spiro atoms. The van der Waals surface area contributed by atoms with Crippen LogP contribution in [0.2, 0.25) is 0 Å². The number of aromatic amines is 1. The fraction of sp³-hybridized carbons (Fsp3) is 0.385. The summed E-state index contributed by atoms with van der Waals surface area (Å²) in [6, 6.07) is 14.2. The van der Waals surface area contributed by atoms with Crippen LogP contribution in [0.5, 0.6) is 0 Å². The Hall–Kier alpha value is -2.88. The molecule has 0 bridgehead atoms. The zero-order chi connectivity index (χ0) is 21.3. The molecule has 1 heterocycles. The van der Waals surface area contributed by atoms with Gasteiger partial charge in [0.2, 0.25) is 5.91 Å². The average Bonchev–Trinajstić information content (AvgIpc) is 2.74. The van der Waals surface area contributed by atoms with Crippen LogP contribution < -0.4 is 10.5 Å². The molecule has 1 aromatic heterocycles. The number of amides is 1. The third-order valence-corrected chi connectivity index (χ3v) is 6.28. The Kier molecular flexibility index (Phi) is 5.76. The summed E-state index contributed by atoms with van der Waals surface area (Å²) in [4.78, 5) is 31.3. The van der Waals surface area contributed by atoms with Gasteiger partial charge in [-0.15, -0.1) is 0 Å². The van der Waals surface area contributed by atoms with E-state index in [2.05, 4.69) is 23.2 Å². The molecule has 1 aliphatic carbocycles. The van der Waals surface area contributed by atoms with Crippen molar-refractivity contribution in [3.63, 3.8) is 0 Å². The first-order chi connectivity index (χ1) is 14.4. The quantitative estimate of drug-likeness (QED) is 0.620. The van der Waals surface area contributed by atoms with Gasteiger partial charge >= 0.3 is 0 Å². The maximum atomic E-state index is 13.6. The standard InChI is InChI=1S/C26H30N2O2/c1-17-10-12-21-15-22(25(29)27-23(21)13-17)16-28(24-14-18(2)9-11-19(24)3)26(30)20-7-5-4-6-8-20/h9-15,20H,4-8,16H2,1-3H3,(H,27,29). The van der Waals surface area contributed by atoms with Crippen molar-refractivity contribution in [1.82, 2.24) is 4.98 Å². The first kappa shape index (κ1) is 20.4. The van der Waals surface area contributed by atoms with Crippen LogP contribution in [0.3, 0.4) is 0 Å². The van der Waals surface area contributed by atoms with Crippen molar-refractivity contribution in [2.45, 2.75) is 59.4 Å². The van der Waals surface area contributed by atoms with E-state index < -0.39 is 0 Å². The van der Waals surface area contributed by atoms with Crippen LogP contribution in [0.15, 0.2) is 47.3 Å². The summed E-state index contributed by atoms with van der Waals surface area (Å²) in [5.41, 5.74) is 5.51. The highest BCUT2D eigenvalue weighted by Gasteiger charge is 2.28. The summed E-state index contributed by atoms with van der Waals surface area (Å²) in [6.07, 6.45) is 5.29. The van der Waals surface area contributed by atoms with Crippen LogP contribution in [0.1, 0.15) is 54.4 Å². The zero-order valence-corrected chi connectivity index (χ0v) is 18.1. The van der Waals surface area contributed by atoms with Gasteiger partial charge in [-0.1, -0.05) is 43.5 Å². The third kappa shape index (κ3) is 4.18. The molecule has 0 unspecified atom stereocenters. The normalized spacial score (nSPS) is 14.8. The molecule has 1 saturated carbocycles. The molecule has 4 nitrogen and oxygen atoms in total. The minimum Gasteiger partial charge on any atom is -0.322 e. The van der Waals surface area contributed by atoms with Crippen LogP contribution in [0.4, 0.5) is 5.69 Å². The van der Waals surface area contributed by atoms with Gasteiger partial charge in [-0.2, -0.15) is 0 Å². The molecule has 4 rings (SSSR count). The van der Waals surface area contributed by atoms with Crippen molar-refractivity contribution >= 4 is 22.5 Å². The second-order valence-electron chi connectivity index (χ2n) is 8.76. The summed E-state index contributed by atoms with van der Waals surface area (Å²) in [5, 5.41) is 0.987. The summed E-state index contributed by atoms with van der Waals surface area (Å²) in [5.74, 6) is 0.188. The topological polar surface area (TPSA) is 53.2 Å². The minimum atomic E-state index is -0.125. The number of anilines is 1. The first-order valence-corrected chi connectivity index (χ1v) is 10.9. The van der Waals surface area contributed by atoms with Gasteiger partial charge in [-0.3, -0.25) is 9.59 Å². The largest absolute Gasteiger partial charge is 0.322 e. The highest BCUT2D eigenvalue weighted by Crippen LogP contribution is 2.30. The molecule has 0 saturated heterocycles. The molecule has 1 aliphatic rings. The van der Waals surface area contributed by atoms with Crippen LogP contribution in [-0.4, -0.2) is 10.9 Å². The minimum absolute atomic E-state index is 0.0425. The fourth-order valence-corrected chi connectivity index (χ4v) is 4.51. The van der Waals surface area contributed by atoms with E-state index in [1.165, 1.54) is 6.42 Å². The number of nitrogens with one attached hydrogen (secondary N) is 1. The summed E-state index contributed by atoms with van der Waals surface area (Å²) < 4.78 is 0. The third-order valence-electron chi connectivity index (χ3n) is 6.28. The van der Waals surface area contributed by atoms with Gasteiger partial charge in [0, 0.05) is 22.7 Å². The number of nitrogens with zero attached hydrogens (tertiary/aromatic N) is 1. The van der Waals surface area contributed by atoms with E-state index in [1.807, 2.05) is 49.9 Å². The monoisotopic (exact) mass is 402 g/mol. The summed E-state index contributed by atoms with van der Waals surface area (Å²) in [7, 11) is 0. The molecule has 1 amide bonds. The van der Waals surface area contributed by atoms with Gasteiger partial charge in [-0.05, 0) is 73.9 Å². The van der Waals surface area contributed by atoms with Gasteiger partial charge in [0.05, 0.1) is 6.54 Å². The van der Waals surface area contributed by atoms with Crippen LogP contribution >= 0.6 is 0 Å². The van der Waals surface area contributed by atoms with Crippen LogP contribution in [0, 0.1) is 26.7 Å². The lowest BCUT2D eigenvalue weighted by atomic mass is 9.88. The number of pyridine rings is 1. The zero-order valence-electron chi connectivity index (χ0n) is 18.1. The fourth-order valence-electron chi connectivity index (χ4n) is 4.51. The van der Waals surface area contributed by atoms with Gasteiger partial charge in [0.25, 0.3) is 5.56 Å². The van der Waals surface area contributed by atoms with E-state index in [9.17, 15) is 9.59 Å². The number of fused-ring (bicyclic) bond motifs is 1. The molecular weight excluding hydrogens is 372 g/mol. The Balaban J connectivity index is 1.76. The maximum Gasteiger partial charge on any atom is 0.253 e. The molecule has 4 heteroatoms. The van der Waals surface area contributed by atoms with E-state index in [-0.39, 0.29) is 17.4 Å². The van der Waals surface area contributed by atoms with E-state index in [0.29, 0.717) is 12.1 Å². The molecule has 2 aromatic carbocycles. The Labute approximate surface area is 177 Å². The Morgan fingerprint density at radius 3 is 2.43 bits per heavy atom. The lowest BCUT2D eigenvalue weighted by Crippen LogP contribution is -2.38. The number of benzene rings is 2. The number of hydrogen-bond donors (Lipinski definition) is 1. The highest BCUT2D eigenvalue weighted by molar-refractivity contribution is 5.96.